The molecule has 4 rings (SSSR count). The highest BCUT2D eigenvalue weighted by atomic mass is 35.5. The smallest absolute Gasteiger partial charge is 0.317 e. The number of thioether (sulfide) groups is 1. The molecular weight excluding hydrogens is 556 g/mol. The van der Waals surface area contributed by atoms with Crippen molar-refractivity contribution in [1.29, 1.82) is 0 Å². The van der Waals surface area contributed by atoms with Gasteiger partial charge in [-0.15, -0.1) is 0 Å². The fraction of sp³-hybridized carbons (Fsp3) is 0.538. The van der Waals surface area contributed by atoms with Crippen molar-refractivity contribution in [3.63, 3.8) is 0 Å². The fourth-order valence-electron chi connectivity index (χ4n) is 4.77. The molecule has 0 radical (unpaired) electrons. The van der Waals surface area contributed by atoms with E-state index in [1.54, 1.807) is 18.2 Å². The van der Waals surface area contributed by atoms with Gasteiger partial charge in [-0.3, -0.25) is 14.9 Å². The van der Waals surface area contributed by atoms with Gasteiger partial charge in [-0.05, 0) is 25.5 Å². The molecule has 0 saturated carbocycles. The van der Waals surface area contributed by atoms with Crippen LogP contribution in [-0.4, -0.2) is 101 Å². The molecule has 0 spiro atoms. The third-order valence-electron chi connectivity index (χ3n) is 7.06. The Morgan fingerprint density at radius 3 is 2.45 bits per heavy atom. The Hall–Kier alpha value is -3.32. The van der Waals surface area contributed by atoms with E-state index in [2.05, 4.69) is 32.0 Å². The maximum atomic E-state index is 12.9. The predicted octanol–water partition coefficient (Wildman–Crippen LogP) is 3.50. The first-order valence-corrected chi connectivity index (χ1v) is 14.9. The molecule has 2 saturated heterocycles. The van der Waals surface area contributed by atoms with E-state index in [1.807, 2.05) is 16.7 Å². The third-order valence-corrected chi connectivity index (χ3v) is 8.09. The minimum absolute atomic E-state index is 0.00482. The number of nitrogens with one attached hydrogen (secondary N) is 1. The molecular formula is C26H35ClN8O4S. The molecule has 1 aromatic carbocycles. The molecule has 0 bridgehead atoms. The summed E-state index contributed by atoms with van der Waals surface area (Å²) < 4.78 is 0. The summed E-state index contributed by atoms with van der Waals surface area (Å²) in [4.78, 5) is 52.7. The van der Waals surface area contributed by atoms with E-state index >= 15 is 0 Å². The number of non-ortho nitro benzene ring substituents is 1. The van der Waals surface area contributed by atoms with E-state index in [0.717, 1.165) is 18.5 Å². The summed E-state index contributed by atoms with van der Waals surface area (Å²) >= 11 is 7.57. The lowest BCUT2D eigenvalue weighted by Gasteiger charge is -2.40. The number of halogens is 1. The summed E-state index contributed by atoms with van der Waals surface area (Å²) in [6.07, 6.45) is 1.99. The maximum absolute atomic E-state index is 12.9. The molecule has 1 atom stereocenters. The van der Waals surface area contributed by atoms with E-state index in [-0.39, 0.29) is 29.4 Å². The molecule has 40 heavy (non-hydrogen) atoms. The van der Waals surface area contributed by atoms with Gasteiger partial charge in [0.1, 0.15) is 11.0 Å². The lowest BCUT2D eigenvalue weighted by molar-refractivity contribution is -0.384. The van der Waals surface area contributed by atoms with Gasteiger partial charge >= 0.3 is 6.03 Å². The van der Waals surface area contributed by atoms with Crippen LogP contribution < -0.4 is 15.1 Å². The minimum Gasteiger partial charge on any atom is -0.368 e. The highest BCUT2D eigenvalue weighted by molar-refractivity contribution is 7.99. The molecule has 2 aromatic rings. The van der Waals surface area contributed by atoms with E-state index in [4.69, 9.17) is 11.6 Å². The molecule has 2 aliphatic rings. The Morgan fingerprint density at radius 1 is 1.10 bits per heavy atom. The van der Waals surface area contributed by atoms with E-state index in [9.17, 15) is 19.7 Å². The second-order valence-corrected chi connectivity index (χ2v) is 11.2. The van der Waals surface area contributed by atoms with Crippen molar-refractivity contribution in [2.45, 2.75) is 37.9 Å². The second kappa shape index (κ2) is 13.8. The second-order valence-electron chi connectivity index (χ2n) is 9.84. The molecule has 3 amide bonds. The standard InChI is InChI=1S/C26H35ClN8O4S/c1-3-4-9-28-26(37)34-15-14-33(17-19(34)2)23-16-22(27)29-25(30-23)40-18-24(36)32-12-10-31(11-13-32)20-5-7-21(8-6-20)35(38)39/h5-8,16,19H,3-4,9-15,17-18H2,1-2H3,(H,28,37). The summed E-state index contributed by atoms with van der Waals surface area (Å²) in [7, 11) is 0. The number of nitro benzene ring substituents is 1. The van der Waals surface area contributed by atoms with Crippen molar-refractivity contribution in [2.24, 2.45) is 0 Å². The zero-order valence-corrected chi connectivity index (χ0v) is 24.4. The third kappa shape index (κ3) is 7.66. The number of piperazine rings is 2. The summed E-state index contributed by atoms with van der Waals surface area (Å²) in [6.45, 7) is 9.03. The van der Waals surface area contributed by atoms with Crippen molar-refractivity contribution in [1.82, 2.24) is 25.1 Å². The number of carbonyl (C=O) groups is 2. The average molecular weight is 591 g/mol. The SMILES string of the molecule is CCCCNC(=O)N1CCN(c2cc(Cl)nc(SCC(=O)N3CCN(c4ccc([N+](=O)[O-])cc4)CC3)n2)CC1C. The van der Waals surface area contributed by atoms with Crippen molar-refractivity contribution in [2.75, 3.05) is 67.9 Å². The topological polar surface area (TPSA) is 128 Å². The molecule has 1 aromatic heterocycles. The van der Waals surface area contributed by atoms with E-state index < -0.39 is 4.92 Å². The zero-order valence-electron chi connectivity index (χ0n) is 22.8. The van der Waals surface area contributed by atoms with Crippen LogP contribution in [0.4, 0.5) is 22.0 Å². The molecule has 12 nitrogen and oxygen atoms in total. The number of nitrogens with zero attached hydrogens (tertiary/aromatic N) is 7. The molecule has 3 heterocycles. The Kier molecular flexibility index (Phi) is 10.3. The van der Waals surface area contributed by atoms with Gasteiger partial charge in [0, 0.05) is 82.3 Å². The van der Waals surface area contributed by atoms with Gasteiger partial charge in [-0.2, -0.15) is 0 Å². The number of aromatic nitrogens is 2. The van der Waals surface area contributed by atoms with Gasteiger partial charge in [0.2, 0.25) is 5.91 Å². The van der Waals surface area contributed by atoms with E-state index in [0.29, 0.717) is 68.5 Å². The van der Waals surface area contributed by atoms with Crippen LogP contribution in [0.15, 0.2) is 35.5 Å². The van der Waals surface area contributed by atoms with E-state index in [1.165, 1.54) is 23.9 Å². The number of hydrogen-bond donors (Lipinski definition) is 1. The van der Waals surface area contributed by atoms with Crippen LogP contribution in [0.2, 0.25) is 5.15 Å². The lowest BCUT2D eigenvalue weighted by Crippen LogP contribution is -2.56. The summed E-state index contributed by atoms with van der Waals surface area (Å²) in [5.74, 6) is 0.874. The molecule has 1 unspecified atom stereocenters. The Balaban J connectivity index is 1.27. The van der Waals surface area contributed by atoms with Crippen LogP contribution in [-0.2, 0) is 4.79 Å². The minimum atomic E-state index is -0.415. The van der Waals surface area contributed by atoms with Crippen LogP contribution in [0.1, 0.15) is 26.7 Å². The molecule has 216 valence electrons. The van der Waals surface area contributed by atoms with Crippen LogP contribution in [0, 0.1) is 10.1 Å². The van der Waals surface area contributed by atoms with Crippen molar-refractivity contribution < 1.29 is 14.5 Å². The van der Waals surface area contributed by atoms with Gasteiger partial charge < -0.3 is 24.9 Å². The van der Waals surface area contributed by atoms with Crippen LogP contribution in [0.3, 0.4) is 0 Å². The lowest BCUT2D eigenvalue weighted by atomic mass is 10.2. The quantitative estimate of drug-likeness (QED) is 0.116. The zero-order chi connectivity index (χ0) is 28.6. The number of urea groups is 1. The van der Waals surface area contributed by atoms with Crippen molar-refractivity contribution >= 4 is 52.5 Å². The van der Waals surface area contributed by atoms with Gasteiger partial charge in [0.15, 0.2) is 5.16 Å². The van der Waals surface area contributed by atoms with Crippen LogP contribution in [0.5, 0.6) is 0 Å². The molecule has 2 aliphatic heterocycles. The Labute approximate surface area is 243 Å². The molecule has 2 fully saturated rings. The number of nitro groups is 1. The number of carbonyl (C=O) groups excluding carboxylic acids is 2. The highest BCUT2D eigenvalue weighted by Crippen LogP contribution is 2.25. The first kappa shape index (κ1) is 29.7. The van der Waals surface area contributed by atoms with Gasteiger partial charge in [0.25, 0.3) is 5.69 Å². The summed E-state index contributed by atoms with van der Waals surface area (Å²) in [5, 5.41) is 14.6. The number of hydrogen-bond acceptors (Lipinski definition) is 9. The molecule has 1 N–H and O–H groups in total. The number of amides is 3. The van der Waals surface area contributed by atoms with Crippen molar-refractivity contribution in [3.05, 3.63) is 45.6 Å². The summed E-state index contributed by atoms with van der Waals surface area (Å²) in [6, 6.07) is 8.15. The Morgan fingerprint density at radius 2 is 1.80 bits per heavy atom. The fourth-order valence-corrected chi connectivity index (χ4v) is 5.75. The maximum Gasteiger partial charge on any atom is 0.317 e. The van der Waals surface area contributed by atoms with Gasteiger partial charge in [-0.25, -0.2) is 14.8 Å². The highest BCUT2D eigenvalue weighted by Gasteiger charge is 2.29. The molecule has 14 heteroatoms. The Bertz CT molecular complexity index is 1200. The summed E-state index contributed by atoms with van der Waals surface area (Å²) in [5.41, 5.74) is 0.960. The average Bonchev–Trinajstić information content (AvgIpc) is 2.95. The molecule has 0 aliphatic carbocycles. The number of rotatable bonds is 9. The number of unbranched alkanes of at least 4 members (excludes halogenated alkanes) is 1. The van der Waals surface area contributed by atoms with Gasteiger partial charge in [0.05, 0.1) is 10.7 Å². The number of anilines is 2. The van der Waals surface area contributed by atoms with Crippen LogP contribution >= 0.6 is 23.4 Å². The number of benzene rings is 1. The van der Waals surface area contributed by atoms with Gasteiger partial charge in [-0.1, -0.05) is 36.7 Å². The monoisotopic (exact) mass is 590 g/mol. The van der Waals surface area contributed by atoms with Crippen molar-refractivity contribution in [3.8, 4) is 0 Å². The first-order valence-electron chi connectivity index (χ1n) is 13.5. The van der Waals surface area contributed by atoms with Crippen LogP contribution in [0.25, 0.3) is 0 Å². The normalized spacial score (nSPS) is 17.6. The first-order chi connectivity index (χ1) is 19.2. The predicted molar refractivity (Wildman–Crippen MR) is 156 cm³/mol. The largest absolute Gasteiger partial charge is 0.368 e.